The molecule has 0 radical (unpaired) electrons. The molecule has 0 bridgehead atoms. The van der Waals surface area contributed by atoms with Gasteiger partial charge in [-0.1, -0.05) is 25.0 Å². The molecule has 0 aromatic heterocycles. The van der Waals surface area contributed by atoms with Crippen molar-refractivity contribution in [2.75, 3.05) is 23.7 Å². The average molecular weight is 410 g/mol. The Hall–Kier alpha value is -3.02. The lowest BCUT2D eigenvalue weighted by atomic mass is 10.1. The normalized spacial score (nSPS) is 14.2. The standard InChI is InChI=1S/C24H31N3O3/c1-18(2)30-22-9-7-8-19(16-22)17-23(28)25-20-10-12-21(13-11-20)26-24(29)27-14-5-3-4-6-15-27/h7-13,16,18H,3-6,14-15,17H2,1-2H3,(H,25,28)(H,26,29). The zero-order valence-corrected chi connectivity index (χ0v) is 17.8. The van der Waals surface area contributed by atoms with Crippen molar-refractivity contribution in [2.45, 2.75) is 52.1 Å². The molecule has 1 heterocycles. The van der Waals surface area contributed by atoms with Crippen molar-refractivity contribution < 1.29 is 14.3 Å². The highest BCUT2D eigenvalue weighted by molar-refractivity contribution is 5.93. The van der Waals surface area contributed by atoms with Gasteiger partial charge in [-0.25, -0.2) is 4.79 Å². The summed E-state index contributed by atoms with van der Waals surface area (Å²) in [5, 5.41) is 5.84. The Morgan fingerprint density at radius 3 is 2.20 bits per heavy atom. The predicted octanol–water partition coefficient (Wildman–Crippen LogP) is 5.06. The van der Waals surface area contributed by atoms with E-state index in [1.54, 1.807) is 12.1 Å². The van der Waals surface area contributed by atoms with Crippen LogP contribution in [0, 0.1) is 0 Å². The van der Waals surface area contributed by atoms with Crippen molar-refractivity contribution in [3.8, 4) is 5.75 Å². The lowest BCUT2D eigenvalue weighted by Crippen LogP contribution is -2.35. The summed E-state index contributed by atoms with van der Waals surface area (Å²) < 4.78 is 5.68. The second kappa shape index (κ2) is 10.7. The Balaban J connectivity index is 1.51. The molecule has 6 heteroatoms. The molecule has 0 spiro atoms. The third-order valence-electron chi connectivity index (χ3n) is 4.95. The fourth-order valence-corrected chi connectivity index (χ4v) is 3.50. The second-order valence-electron chi connectivity index (χ2n) is 7.95. The number of rotatable bonds is 6. The number of carbonyl (C=O) groups is 2. The molecule has 1 aliphatic heterocycles. The van der Waals surface area contributed by atoms with Crippen molar-refractivity contribution in [1.82, 2.24) is 4.90 Å². The maximum atomic E-state index is 12.4. The average Bonchev–Trinajstić information content (AvgIpc) is 2.99. The van der Waals surface area contributed by atoms with Gasteiger partial charge in [-0.3, -0.25) is 4.79 Å². The van der Waals surface area contributed by atoms with Gasteiger partial charge in [0.25, 0.3) is 0 Å². The molecule has 0 aliphatic carbocycles. The summed E-state index contributed by atoms with van der Waals surface area (Å²) in [4.78, 5) is 26.7. The molecule has 1 aliphatic rings. The molecule has 6 nitrogen and oxygen atoms in total. The molecular formula is C24H31N3O3. The summed E-state index contributed by atoms with van der Waals surface area (Å²) in [6, 6.07) is 14.7. The molecular weight excluding hydrogens is 378 g/mol. The van der Waals surface area contributed by atoms with E-state index >= 15 is 0 Å². The maximum absolute atomic E-state index is 12.4. The Kier molecular flexibility index (Phi) is 7.71. The van der Waals surface area contributed by atoms with Crippen LogP contribution in [0.3, 0.4) is 0 Å². The fourth-order valence-electron chi connectivity index (χ4n) is 3.50. The van der Waals surface area contributed by atoms with E-state index < -0.39 is 0 Å². The van der Waals surface area contributed by atoms with Crippen molar-refractivity contribution in [3.63, 3.8) is 0 Å². The zero-order valence-electron chi connectivity index (χ0n) is 17.8. The van der Waals surface area contributed by atoms with E-state index in [4.69, 9.17) is 4.74 Å². The van der Waals surface area contributed by atoms with Gasteiger partial charge >= 0.3 is 6.03 Å². The predicted molar refractivity (Wildman–Crippen MR) is 120 cm³/mol. The lowest BCUT2D eigenvalue weighted by molar-refractivity contribution is -0.115. The van der Waals surface area contributed by atoms with Gasteiger partial charge in [-0.2, -0.15) is 0 Å². The number of hydrogen-bond donors (Lipinski definition) is 2. The van der Waals surface area contributed by atoms with Crippen molar-refractivity contribution in [3.05, 3.63) is 54.1 Å². The first kappa shape index (κ1) is 21.7. The van der Waals surface area contributed by atoms with Crippen LogP contribution >= 0.6 is 0 Å². The van der Waals surface area contributed by atoms with Crippen LogP contribution in [0.2, 0.25) is 0 Å². The molecule has 30 heavy (non-hydrogen) atoms. The second-order valence-corrected chi connectivity index (χ2v) is 7.95. The number of amides is 3. The molecule has 160 valence electrons. The number of benzene rings is 2. The Morgan fingerprint density at radius 2 is 1.57 bits per heavy atom. The van der Waals surface area contributed by atoms with Crippen LogP contribution in [0.1, 0.15) is 45.1 Å². The van der Waals surface area contributed by atoms with Crippen LogP contribution in [0.5, 0.6) is 5.75 Å². The van der Waals surface area contributed by atoms with E-state index in [-0.39, 0.29) is 24.5 Å². The monoisotopic (exact) mass is 409 g/mol. The van der Waals surface area contributed by atoms with Crippen molar-refractivity contribution in [1.29, 1.82) is 0 Å². The van der Waals surface area contributed by atoms with E-state index in [2.05, 4.69) is 10.6 Å². The van der Waals surface area contributed by atoms with Gasteiger partial charge in [0.15, 0.2) is 0 Å². The number of urea groups is 1. The number of hydrogen-bond acceptors (Lipinski definition) is 3. The van der Waals surface area contributed by atoms with Crippen LogP contribution in [0.25, 0.3) is 0 Å². The van der Waals surface area contributed by atoms with Gasteiger partial charge < -0.3 is 20.3 Å². The Labute approximate surface area is 178 Å². The van der Waals surface area contributed by atoms with E-state index in [9.17, 15) is 9.59 Å². The summed E-state index contributed by atoms with van der Waals surface area (Å²) >= 11 is 0. The van der Waals surface area contributed by atoms with Gasteiger partial charge in [-0.15, -0.1) is 0 Å². The topological polar surface area (TPSA) is 70.7 Å². The van der Waals surface area contributed by atoms with Gasteiger partial charge in [-0.05, 0) is 68.7 Å². The first-order valence-corrected chi connectivity index (χ1v) is 10.7. The summed E-state index contributed by atoms with van der Waals surface area (Å²) in [6.07, 6.45) is 4.85. The first-order valence-electron chi connectivity index (χ1n) is 10.7. The number of nitrogens with zero attached hydrogens (tertiary/aromatic N) is 1. The molecule has 2 aromatic rings. The summed E-state index contributed by atoms with van der Waals surface area (Å²) in [5.74, 6) is 0.665. The Bertz CT molecular complexity index is 841. The van der Waals surface area contributed by atoms with E-state index in [1.807, 2.05) is 55.1 Å². The van der Waals surface area contributed by atoms with Crippen LogP contribution in [-0.4, -0.2) is 36.0 Å². The third-order valence-corrected chi connectivity index (χ3v) is 4.95. The molecule has 1 fully saturated rings. The minimum absolute atomic E-state index is 0.0582. The van der Waals surface area contributed by atoms with Crippen LogP contribution in [0.15, 0.2) is 48.5 Å². The highest BCUT2D eigenvalue weighted by Crippen LogP contribution is 2.18. The molecule has 0 atom stereocenters. The molecule has 2 N–H and O–H groups in total. The largest absolute Gasteiger partial charge is 0.491 e. The molecule has 0 saturated carbocycles. The molecule has 1 saturated heterocycles. The molecule has 0 unspecified atom stereocenters. The summed E-state index contributed by atoms with van der Waals surface area (Å²) in [6.45, 7) is 5.56. The third kappa shape index (κ3) is 6.79. The zero-order chi connectivity index (χ0) is 21.3. The van der Waals surface area contributed by atoms with Crippen molar-refractivity contribution in [2.24, 2.45) is 0 Å². The SMILES string of the molecule is CC(C)Oc1cccc(CC(=O)Nc2ccc(NC(=O)N3CCCCCC3)cc2)c1. The minimum atomic E-state index is -0.0990. The van der Waals surface area contributed by atoms with Gasteiger partial charge in [0.05, 0.1) is 12.5 Å². The smallest absolute Gasteiger partial charge is 0.321 e. The number of likely N-dealkylation sites (tertiary alicyclic amines) is 1. The number of carbonyl (C=O) groups excluding carboxylic acids is 2. The summed E-state index contributed by atoms with van der Waals surface area (Å²) in [5.41, 5.74) is 2.31. The quantitative estimate of drug-likeness (QED) is 0.700. The van der Waals surface area contributed by atoms with Gasteiger partial charge in [0.1, 0.15) is 5.75 Å². The van der Waals surface area contributed by atoms with Crippen LogP contribution < -0.4 is 15.4 Å². The highest BCUT2D eigenvalue weighted by atomic mass is 16.5. The number of nitrogens with one attached hydrogen (secondary N) is 2. The first-order chi connectivity index (χ1) is 14.5. The molecule has 3 amide bonds. The van der Waals surface area contributed by atoms with Crippen LogP contribution in [0.4, 0.5) is 16.2 Å². The lowest BCUT2D eigenvalue weighted by Gasteiger charge is -2.20. The molecule has 2 aromatic carbocycles. The van der Waals surface area contributed by atoms with Gasteiger partial charge in [0.2, 0.25) is 5.91 Å². The van der Waals surface area contributed by atoms with E-state index in [1.165, 1.54) is 12.8 Å². The van der Waals surface area contributed by atoms with Gasteiger partial charge in [0, 0.05) is 24.5 Å². The molecule has 3 rings (SSSR count). The fraction of sp³-hybridized carbons (Fsp3) is 0.417. The van der Waals surface area contributed by atoms with Crippen LogP contribution in [-0.2, 0) is 11.2 Å². The Morgan fingerprint density at radius 1 is 0.933 bits per heavy atom. The van der Waals surface area contributed by atoms with E-state index in [0.717, 1.165) is 42.9 Å². The minimum Gasteiger partial charge on any atom is -0.491 e. The highest BCUT2D eigenvalue weighted by Gasteiger charge is 2.15. The number of anilines is 2. The summed E-state index contributed by atoms with van der Waals surface area (Å²) in [7, 11) is 0. The van der Waals surface area contributed by atoms with Crippen molar-refractivity contribution >= 4 is 23.3 Å². The number of ether oxygens (including phenoxy) is 1. The maximum Gasteiger partial charge on any atom is 0.321 e. The van der Waals surface area contributed by atoms with E-state index in [0.29, 0.717) is 5.69 Å².